The number of carbonyl (C=O) groups excluding carboxylic acids is 1. The highest BCUT2D eigenvalue weighted by molar-refractivity contribution is 6.30. The number of benzene rings is 1. The van der Waals surface area contributed by atoms with Crippen molar-refractivity contribution in [2.45, 2.75) is 19.4 Å². The van der Waals surface area contributed by atoms with Crippen molar-refractivity contribution in [2.24, 2.45) is 11.8 Å². The van der Waals surface area contributed by atoms with Gasteiger partial charge in [-0.1, -0.05) is 35.9 Å². The van der Waals surface area contributed by atoms with Crippen molar-refractivity contribution < 1.29 is 14.7 Å². The number of amides is 1. The molecule has 0 saturated carbocycles. The molecule has 6 heteroatoms. The van der Waals surface area contributed by atoms with Gasteiger partial charge in [0.1, 0.15) is 0 Å². The summed E-state index contributed by atoms with van der Waals surface area (Å²) in [6, 6.07) is 7.82. The van der Waals surface area contributed by atoms with Crippen LogP contribution >= 0.6 is 11.6 Å². The number of rotatable bonds is 4. The summed E-state index contributed by atoms with van der Waals surface area (Å²) < 4.78 is 0. The Morgan fingerprint density at radius 1 is 1.08 bits per heavy atom. The topological polar surface area (TPSA) is 60.9 Å². The van der Waals surface area contributed by atoms with Crippen molar-refractivity contribution >= 4 is 23.5 Å². The Hall–Kier alpha value is -1.85. The van der Waals surface area contributed by atoms with Crippen molar-refractivity contribution in [3.8, 4) is 0 Å². The molecule has 1 aliphatic heterocycles. The number of halogens is 1. The molecule has 0 radical (unpaired) electrons. The van der Waals surface area contributed by atoms with E-state index >= 15 is 0 Å². The van der Waals surface area contributed by atoms with Gasteiger partial charge in [-0.25, -0.2) is 0 Å². The van der Waals surface area contributed by atoms with E-state index in [0.717, 1.165) is 30.2 Å². The van der Waals surface area contributed by atoms with Gasteiger partial charge in [0.05, 0.1) is 11.8 Å². The highest BCUT2D eigenvalue weighted by Gasteiger charge is 2.37. The molecule has 1 aromatic rings. The van der Waals surface area contributed by atoms with E-state index in [2.05, 4.69) is 11.0 Å². The lowest BCUT2D eigenvalue weighted by Gasteiger charge is -2.37. The average molecular weight is 363 g/mol. The van der Waals surface area contributed by atoms with Crippen molar-refractivity contribution in [1.29, 1.82) is 0 Å². The number of piperazine rings is 1. The maximum atomic E-state index is 12.8. The SMILES string of the molecule is O=C(O)[C@@H]1CC=CC[C@H]1C(=O)N1CCN(Cc2cccc(Cl)c2)CC1. The van der Waals surface area contributed by atoms with Gasteiger partial charge >= 0.3 is 5.97 Å². The van der Waals surface area contributed by atoms with Crippen LogP contribution < -0.4 is 0 Å². The van der Waals surface area contributed by atoms with Gasteiger partial charge in [0, 0.05) is 37.7 Å². The van der Waals surface area contributed by atoms with Gasteiger partial charge in [-0.05, 0) is 30.5 Å². The lowest BCUT2D eigenvalue weighted by molar-refractivity contribution is -0.151. The zero-order chi connectivity index (χ0) is 17.8. The van der Waals surface area contributed by atoms with Crippen LogP contribution in [0.15, 0.2) is 36.4 Å². The van der Waals surface area contributed by atoms with Gasteiger partial charge in [-0.3, -0.25) is 14.5 Å². The second-order valence-electron chi connectivity index (χ2n) is 6.73. The molecule has 25 heavy (non-hydrogen) atoms. The quantitative estimate of drug-likeness (QED) is 0.836. The van der Waals surface area contributed by atoms with Crippen LogP contribution in [0.5, 0.6) is 0 Å². The molecule has 0 unspecified atom stereocenters. The van der Waals surface area contributed by atoms with Gasteiger partial charge in [-0.2, -0.15) is 0 Å². The van der Waals surface area contributed by atoms with E-state index in [4.69, 9.17) is 11.6 Å². The van der Waals surface area contributed by atoms with Crippen LogP contribution in [0.4, 0.5) is 0 Å². The fraction of sp³-hybridized carbons (Fsp3) is 0.474. The van der Waals surface area contributed by atoms with Crippen LogP contribution in [-0.2, 0) is 16.1 Å². The molecule has 1 amide bonds. The molecule has 1 N–H and O–H groups in total. The van der Waals surface area contributed by atoms with Gasteiger partial charge < -0.3 is 10.0 Å². The molecule has 1 fully saturated rings. The maximum Gasteiger partial charge on any atom is 0.307 e. The van der Waals surface area contributed by atoms with Crippen LogP contribution in [0, 0.1) is 11.8 Å². The normalized spacial score (nSPS) is 24.3. The average Bonchev–Trinajstić information content (AvgIpc) is 2.62. The number of hydrogen-bond donors (Lipinski definition) is 1. The molecule has 1 saturated heterocycles. The van der Waals surface area contributed by atoms with E-state index in [9.17, 15) is 14.7 Å². The zero-order valence-corrected chi connectivity index (χ0v) is 14.9. The number of allylic oxidation sites excluding steroid dienone is 2. The maximum absolute atomic E-state index is 12.8. The second-order valence-corrected chi connectivity index (χ2v) is 7.16. The Labute approximate surface area is 152 Å². The molecular weight excluding hydrogens is 340 g/mol. The highest BCUT2D eigenvalue weighted by atomic mass is 35.5. The molecule has 5 nitrogen and oxygen atoms in total. The van der Waals surface area contributed by atoms with Crippen molar-refractivity contribution in [3.63, 3.8) is 0 Å². The molecule has 0 bridgehead atoms. The van der Waals surface area contributed by atoms with Gasteiger partial charge in [0.25, 0.3) is 0 Å². The summed E-state index contributed by atoms with van der Waals surface area (Å²) >= 11 is 6.03. The standard InChI is InChI=1S/C19H23ClN2O3/c20-15-5-3-4-14(12-15)13-21-8-10-22(11-9-21)18(23)16-6-1-2-7-17(16)19(24)25/h1-5,12,16-17H,6-11,13H2,(H,24,25)/t16-,17-/m1/s1. The number of carboxylic acids is 1. The first-order valence-electron chi connectivity index (χ1n) is 8.68. The number of hydrogen-bond acceptors (Lipinski definition) is 3. The Balaban J connectivity index is 1.55. The van der Waals surface area contributed by atoms with E-state index in [-0.39, 0.29) is 5.91 Å². The van der Waals surface area contributed by atoms with Gasteiger partial charge in [-0.15, -0.1) is 0 Å². The third-order valence-electron chi connectivity index (χ3n) is 5.05. The van der Waals surface area contributed by atoms with E-state index < -0.39 is 17.8 Å². The lowest BCUT2D eigenvalue weighted by Crippen LogP contribution is -2.51. The third-order valence-corrected chi connectivity index (χ3v) is 5.28. The third kappa shape index (κ3) is 4.41. The molecule has 134 valence electrons. The Morgan fingerprint density at radius 3 is 2.40 bits per heavy atom. The van der Waals surface area contributed by atoms with E-state index in [1.165, 1.54) is 0 Å². The van der Waals surface area contributed by atoms with Crippen molar-refractivity contribution in [1.82, 2.24) is 9.80 Å². The van der Waals surface area contributed by atoms with Crippen molar-refractivity contribution in [3.05, 3.63) is 47.0 Å². The van der Waals surface area contributed by atoms with E-state index in [1.807, 2.05) is 35.3 Å². The minimum atomic E-state index is -0.873. The first-order chi connectivity index (χ1) is 12.0. The van der Waals surface area contributed by atoms with Crippen LogP contribution in [-0.4, -0.2) is 53.0 Å². The molecule has 3 rings (SSSR count). The Morgan fingerprint density at radius 2 is 1.76 bits per heavy atom. The molecular formula is C19H23ClN2O3. The van der Waals surface area contributed by atoms with Gasteiger partial charge in [0.2, 0.25) is 5.91 Å². The summed E-state index contributed by atoms with van der Waals surface area (Å²) in [5.41, 5.74) is 1.16. The summed E-state index contributed by atoms with van der Waals surface area (Å²) in [5, 5.41) is 10.1. The zero-order valence-electron chi connectivity index (χ0n) is 14.1. The summed E-state index contributed by atoms with van der Waals surface area (Å²) in [6.45, 7) is 3.68. The first kappa shape index (κ1) is 18.0. The number of carboxylic acid groups (broad SMARTS) is 1. The largest absolute Gasteiger partial charge is 0.481 e. The fourth-order valence-corrected chi connectivity index (χ4v) is 3.83. The lowest BCUT2D eigenvalue weighted by atomic mass is 9.82. The monoisotopic (exact) mass is 362 g/mol. The summed E-state index contributed by atoms with van der Waals surface area (Å²) in [7, 11) is 0. The molecule has 1 aromatic carbocycles. The van der Waals surface area contributed by atoms with Crippen molar-refractivity contribution in [2.75, 3.05) is 26.2 Å². The fourth-order valence-electron chi connectivity index (χ4n) is 3.61. The number of nitrogens with zero attached hydrogens (tertiary/aromatic N) is 2. The second kappa shape index (κ2) is 8.02. The van der Waals surface area contributed by atoms with E-state index in [1.54, 1.807) is 0 Å². The summed E-state index contributed by atoms with van der Waals surface area (Å²) in [5.74, 6) is -1.91. The Kier molecular flexibility index (Phi) is 5.76. The smallest absolute Gasteiger partial charge is 0.307 e. The highest BCUT2D eigenvalue weighted by Crippen LogP contribution is 2.28. The predicted molar refractivity (Wildman–Crippen MR) is 96.3 cm³/mol. The predicted octanol–water partition coefficient (Wildman–Crippen LogP) is 2.65. The summed E-state index contributed by atoms with van der Waals surface area (Å²) in [4.78, 5) is 28.3. The molecule has 0 aromatic heterocycles. The number of carbonyl (C=O) groups is 2. The molecule has 2 aliphatic rings. The molecule has 2 atom stereocenters. The first-order valence-corrected chi connectivity index (χ1v) is 9.06. The molecule has 1 aliphatic carbocycles. The summed E-state index contributed by atoms with van der Waals surface area (Å²) in [6.07, 6.45) is 4.77. The van der Waals surface area contributed by atoms with Crippen LogP contribution in [0.25, 0.3) is 0 Å². The minimum Gasteiger partial charge on any atom is -0.481 e. The molecule has 0 spiro atoms. The van der Waals surface area contributed by atoms with Crippen LogP contribution in [0.2, 0.25) is 5.02 Å². The van der Waals surface area contributed by atoms with Crippen LogP contribution in [0.3, 0.4) is 0 Å². The van der Waals surface area contributed by atoms with E-state index in [0.29, 0.717) is 25.9 Å². The Bertz CT molecular complexity index is 668. The minimum absolute atomic E-state index is 0.0147. The van der Waals surface area contributed by atoms with Crippen LogP contribution in [0.1, 0.15) is 18.4 Å². The molecule has 1 heterocycles. The number of aliphatic carboxylic acids is 1. The van der Waals surface area contributed by atoms with Gasteiger partial charge in [0.15, 0.2) is 0 Å².